The first-order valence-corrected chi connectivity index (χ1v) is 5.42. The zero-order valence-electron chi connectivity index (χ0n) is 9.24. The maximum atomic E-state index is 11.8. The first-order valence-electron chi connectivity index (χ1n) is 5.04. The lowest BCUT2D eigenvalue weighted by Crippen LogP contribution is -2.13. The number of nitrogens with zero attached hydrogens (tertiary/aromatic N) is 1. The number of hydrogen-bond acceptors (Lipinski definition) is 4. The van der Waals surface area contributed by atoms with Crippen molar-refractivity contribution in [1.29, 1.82) is 0 Å². The van der Waals surface area contributed by atoms with Gasteiger partial charge >= 0.3 is 0 Å². The van der Waals surface area contributed by atoms with Crippen molar-refractivity contribution in [3.63, 3.8) is 0 Å². The van der Waals surface area contributed by atoms with E-state index in [1.807, 2.05) is 0 Å². The van der Waals surface area contributed by atoms with E-state index in [1.165, 1.54) is 18.2 Å². The van der Waals surface area contributed by atoms with Crippen molar-refractivity contribution in [2.75, 3.05) is 25.1 Å². The fourth-order valence-electron chi connectivity index (χ4n) is 1.24. The number of rotatable bonds is 7. The van der Waals surface area contributed by atoms with Crippen LogP contribution in [0.1, 0.15) is 0 Å². The number of nitrogens with one attached hydrogen (secondary N) is 1. The highest BCUT2D eigenvalue weighted by Gasteiger charge is 2.13. The Hall–Kier alpha value is -1.47. The largest absolute Gasteiger partial charge is 0.377 e. The Morgan fingerprint density at radius 1 is 1.50 bits per heavy atom. The van der Waals surface area contributed by atoms with E-state index in [9.17, 15) is 18.9 Å². The standard InChI is InChI=1S/C10H11ClF2N2O3/c11-7-1-2-8(9(5-7)15(16)17)14-3-4-18-6-10(12)13/h1-2,5,10,14H,3-4,6H2. The van der Waals surface area contributed by atoms with Gasteiger partial charge in [-0.25, -0.2) is 8.78 Å². The van der Waals surface area contributed by atoms with E-state index in [-0.39, 0.29) is 29.5 Å². The molecule has 0 aliphatic rings. The predicted molar refractivity (Wildman–Crippen MR) is 63.4 cm³/mol. The molecule has 1 N–H and O–H groups in total. The van der Waals surface area contributed by atoms with Crippen LogP contribution >= 0.6 is 11.6 Å². The van der Waals surface area contributed by atoms with Gasteiger partial charge in [-0.1, -0.05) is 11.6 Å². The average molecular weight is 281 g/mol. The molecule has 0 aliphatic carbocycles. The average Bonchev–Trinajstić information content (AvgIpc) is 2.29. The molecular weight excluding hydrogens is 270 g/mol. The quantitative estimate of drug-likeness (QED) is 0.474. The molecule has 1 aromatic rings. The summed E-state index contributed by atoms with van der Waals surface area (Å²) in [5.41, 5.74) is 0.0985. The molecule has 0 atom stereocenters. The molecule has 0 spiro atoms. The van der Waals surface area contributed by atoms with E-state index in [1.54, 1.807) is 0 Å². The molecule has 1 rings (SSSR count). The van der Waals surface area contributed by atoms with Crippen LogP contribution in [-0.2, 0) is 4.74 Å². The lowest BCUT2D eigenvalue weighted by molar-refractivity contribution is -0.383. The van der Waals surface area contributed by atoms with Crippen molar-refractivity contribution in [2.45, 2.75) is 6.43 Å². The zero-order chi connectivity index (χ0) is 13.5. The van der Waals surface area contributed by atoms with Gasteiger partial charge in [0, 0.05) is 17.6 Å². The highest BCUT2D eigenvalue weighted by atomic mass is 35.5. The van der Waals surface area contributed by atoms with Crippen LogP contribution in [0.5, 0.6) is 0 Å². The second kappa shape index (κ2) is 7.07. The van der Waals surface area contributed by atoms with Gasteiger partial charge in [-0.2, -0.15) is 0 Å². The Kier molecular flexibility index (Phi) is 5.73. The monoisotopic (exact) mass is 280 g/mol. The smallest absolute Gasteiger partial charge is 0.293 e. The minimum atomic E-state index is -2.52. The fourth-order valence-corrected chi connectivity index (χ4v) is 1.40. The van der Waals surface area contributed by atoms with Crippen LogP contribution < -0.4 is 5.32 Å². The summed E-state index contributed by atoms with van der Waals surface area (Å²) in [5.74, 6) is 0. The summed E-state index contributed by atoms with van der Waals surface area (Å²) in [6.45, 7) is -0.427. The highest BCUT2D eigenvalue weighted by molar-refractivity contribution is 6.30. The molecule has 0 aromatic heterocycles. The number of ether oxygens (including phenoxy) is 1. The van der Waals surface area contributed by atoms with Crippen molar-refractivity contribution in [3.05, 3.63) is 33.3 Å². The number of anilines is 1. The Morgan fingerprint density at radius 3 is 2.83 bits per heavy atom. The summed E-state index contributed by atoms with van der Waals surface area (Å²) in [7, 11) is 0. The highest BCUT2D eigenvalue weighted by Crippen LogP contribution is 2.27. The third kappa shape index (κ3) is 4.80. The van der Waals surface area contributed by atoms with E-state index in [4.69, 9.17) is 11.6 Å². The van der Waals surface area contributed by atoms with E-state index in [0.29, 0.717) is 0 Å². The molecule has 1 aromatic carbocycles. The first-order chi connectivity index (χ1) is 8.50. The molecule has 18 heavy (non-hydrogen) atoms. The van der Waals surface area contributed by atoms with Crippen LogP contribution in [0.2, 0.25) is 5.02 Å². The lowest BCUT2D eigenvalue weighted by atomic mass is 10.2. The molecule has 0 saturated carbocycles. The lowest BCUT2D eigenvalue weighted by Gasteiger charge is -2.07. The molecule has 0 amide bonds. The van der Waals surface area contributed by atoms with Gasteiger partial charge < -0.3 is 10.1 Å². The molecule has 0 heterocycles. The normalized spacial score (nSPS) is 10.7. The van der Waals surface area contributed by atoms with Gasteiger partial charge in [0.05, 0.1) is 11.5 Å². The van der Waals surface area contributed by atoms with Crippen LogP contribution in [0.3, 0.4) is 0 Å². The molecule has 0 unspecified atom stereocenters. The van der Waals surface area contributed by atoms with E-state index < -0.39 is 18.0 Å². The third-order valence-corrected chi connectivity index (χ3v) is 2.20. The van der Waals surface area contributed by atoms with Gasteiger partial charge in [0.25, 0.3) is 12.1 Å². The molecule has 0 fully saturated rings. The molecule has 0 bridgehead atoms. The topological polar surface area (TPSA) is 64.4 Å². The maximum Gasteiger partial charge on any atom is 0.293 e. The van der Waals surface area contributed by atoms with Gasteiger partial charge in [-0.05, 0) is 12.1 Å². The summed E-state index contributed by atoms with van der Waals surface area (Å²) in [6.07, 6.45) is -2.52. The minimum Gasteiger partial charge on any atom is -0.377 e. The number of benzene rings is 1. The molecule has 0 radical (unpaired) electrons. The molecular formula is C10H11ClF2N2O3. The van der Waals surface area contributed by atoms with Gasteiger partial charge in [0.2, 0.25) is 0 Å². The van der Waals surface area contributed by atoms with E-state index in [0.717, 1.165) is 0 Å². The summed E-state index contributed by atoms with van der Waals surface area (Å²) < 4.78 is 28.1. The van der Waals surface area contributed by atoms with Crippen LogP contribution in [0.25, 0.3) is 0 Å². The predicted octanol–water partition coefficient (Wildman–Crippen LogP) is 2.94. The molecule has 5 nitrogen and oxygen atoms in total. The third-order valence-electron chi connectivity index (χ3n) is 1.96. The van der Waals surface area contributed by atoms with Crippen molar-refractivity contribution >= 4 is 23.0 Å². The van der Waals surface area contributed by atoms with E-state index >= 15 is 0 Å². The fraction of sp³-hybridized carbons (Fsp3) is 0.400. The number of halogens is 3. The van der Waals surface area contributed by atoms with Gasteiger partial charge in [-0.3, -0.25) is 10.1 Å². The van der Waals surface area contributed by atoms with Crippen molar-refractivity contribution in [2.24, 2.45) is 0 Å². The van der Waals surface area contributed by atoms with Crippen LogP contribution in [0.4, 0.5) is 20.2 Å². The Bertz CT molecular complexity index is 418. The summed E-state index contributed by atoms with van der Waals surface area (Å²) in [5, 5.41) is 13.7. The van der Waals surface area contributed by atoms with Gasteiger partial charge in [0.15, 0.2) is 0 Å². The number of alkyl halides is 2. The Labute approximate surface area is 107 Å². The van der Waals surface area contributed by atoms with Crippen LogP contribution in [-0.4, -0.2) is 31.1 Å². The van der Waals surface area contributed by atoms with Crippen molar-refractivity contribution < 1.29 is 18.4 Å². The second-order valence-corrected chi connectivity index (χ2v) is 3.75. The first kappa shape index (κ1) is 14.6. The summed E-state index contributed by atoms with van der Waals surface area (Å²) >= 11 is 5.64. The van der Waals surface area contributed by atoms with E-state index in [2.05, 4.69) is 10.1 Å². The zero-order valence-corrected chi connectivity index (χ0v) is 9.99. The van der Waals surface area contributed by atoms with Gasteiger partial charge in [0.1, 0.15) is 12.3 Å². The van der Waals surface area contributed by atoms with Crippen molar-refractivity contribution in [3.8, 4) is 0 Å². The SMILES string of the molecule is O=[N+]([O-])c1cc(Cl)ccc1NCCOCC(F)F. The van der Waals surface area contributed by atoms with Gasteiger partial charge in [-0.15, -0.1) is 0 Å². The Morgan fingerprint density at radius 2 is 2.22 bits per heavy atom. The number of hydrogen-bond donors (Lipinski definition) is 1. The molecule has 0 aliphatic heterocycles. The van der Waals surface area contributed by atoms with Crippen LogP contribution in [0, 0.1) is 10.1 Å². The Balaban J connectivity index is 2.49. The number of nitro groups is 1. The summed E-state index contributed by atoms with van der Waals surface area (Å²) in [4.78, 5) is 10.2. The molecule has 8 heteroatoms. The van der Waals surface area contributed by atoms with Crippen molar-refractivity contribution in [1.82, 2.24) is 0 Å². The molecule has 100 valence electrons. The summed E-state index contributed by atoms with van der Waals surface area (Å²) in [6, 6.07) is 4.16. The molecule has 0 saturated heterocycles. The minimum absolute atomic E-state index is 0.0319. The number of nitro benzene ring substituents is 1. The maximum absolute atomic E-state index is 11.8. The van der Waals surface area contributed by atoms with Crippen LogP contribution in [0.15, 0.2) is 18.2 Å². The second-order valence-electron chi connectivity index (χ2n) is 3.31.